The van der Waals surface area contributed by atoms with Crippen LogP contribution in [-0.4, -0.2) is 53.0 Å². The van der Waals surface area contributed by atoms with Crippen molar-refractivity contribution in [3.8, 4) is 0 Å². The third-order valence-electron chi connectivity index (χ3n) is 4.71. The molecule has 0 aromatic heterocycles. The Morgan fingerprint density at radius 1 is 1.10 bits per heavy atom. The summed E-state index contributed by atoms with van der Waals surface area (Å²) in [5, 5.41) is 16.9. The van der Waals surface area contributed by atoms with E-state index >= 15 is 0 Å². The molecule has 0 aliphatic heterocycles. The number of carboxylic acids is 1. The monoisotopic (exact) mass is 420 g/mol. The zero-order valence-corrected chi connectivity index (χ0v) is 17.9. The lowest BCUT2D eigenvalue weighted by molar-refractivity contribution is -0.141. The van der Waals surface area contributed by atoms with Crippen LogP contribution in [0.3, 0.4) is 0 Å². The number of benzene rings is 1. The fourth-order valence-corrected chi connectivity index (χ4v) is 2.60. The Morgan fingerprint density at radius 2 is 1.70 bits per heavy atom. The van der Waals surface area contributed by atoms with E-state index in [1.54, 1.807) is 31.2 Å². The van der Waals surface area contributed by atoms with Crippen LogP contribution in [-0.2, 0) is 25.6 Å². The maximum absolute atomic E-state index is 12.6. The molecule has 30 heavy (non-hydrogen) atoms. The van der Waals surface area contributed by atoms with Gasteiger partial charge in [-0.3, -0.25) is 14.4 Å². The summed E-state index contributed by atoms with van der Waals surface area (Å²) in [6.45, 7) is 6.32. The van der Waals surface area contributed by atoms with Gasteiger partial charge in [0.25, 0.3) is 0 Å². The number of amides is 3. The lowest BCUT2D eigenvalue weighted by Gasteiger charge is -2.27. The number of hydrogen-bond acceptors (Lipinski definition) is 5. The first-order valence-electron chi connectivity index (χ1n) is 9.89. The molecule has 9 nitrogen and oxygen atoms in total. The van der Waals surface area contributed by atoms with E-state index in [-0.39, 0.29) is 12.3 Å². The third kappa shape index (κ3) is 8.20. The Bertz CT molecular complexity index is 746. The molecule has 0 saturated heterocycles. The number of nitrogens with two attached hydrogens (primary N) is 1. The van der Waals surface area contributed by atoms with Gasteiger partial charge in [0.2, 0.25) is 17.7 Å². The fourth-order valence-electron chi connectivity index (χ4n) is 2.60. The van der Waals surface area contributed by atoms with Crippen molar-refractivity contribution in [3.63, 3.8) is 0 Å². The van der Waals surface area contributed by atoms with Crippen molar-refractivity contribution in [1.82, 2.24) is 16.0 Å². The first-order chi connectivity index (χ1) is 14.0. The molecule has 3 amide bonds. The number of carboxylic acid groups (broad SMARTS) is 1. The van der Waals surface area contributed by atoms with Gasteiger partial charge in [0, 0.05) is 6.42 Å². The molecule has 9 heteroatoms. The summed E-state index contributed by atoms with van der Waals surface area (Å²) in [6.07, 6.45) is 0.737. The molecule has 1 aromatic rings. The highest BCUT2D eigenvalue weighted by Crippen LogP contribution is 2.10. The summed E-state index contributed by atoms with van der Waals surface area (Å²) < 4.78 is 0. The zero-order chi connectivity index (χ0) is 22.9. The molecule has 0 radical (unpaired) electrons. The van der Waals surface area contributed by atoms with Crippen LogP contribution in [0.25, 0.3) is 0 Å². The van der Waals surface area contributed by atoms with Crippen molar-refractivity contribution in [2.24, 2.45) is 11.7 Å². The third-order valence-corrected chi connectivity index (χ3v) is 4.71. The van der Waals surface area contributed by atoms with Crippen LogP contribution in [0.5, 0.6) is 0 Å². The predicted molar refractivity (Wildman–Crippen MR) is 112 cm³/mol. The maximum Gasteiger partial charge on any atom is 0.326 e. The smallest absolute Gasteiger partial charge is 0.326 e. The normalized spacial score (nSPS) is 14.2. The second kappa shape index (κ2) is 11.3. The number of aliphatic carboxylic acids is 1. The minimum absolute atomic E-state index is 0.118. The van der Waals surface area contributed by atoms with Gasteiger partial charge >= 0.3 is 5.97 Å². The Kier molecular flexibility index (Phi) is 9.45. The number of carbonyl (C=O) groups excluding carboxylic acids is 3. The van der Waals surface area contributed by atoms with E-state index in [1.807, 2.05) is 13.0 Å². The van der Waals surface area contributed by atoms with Crippen LogP contribution >= 0.6 is 0 Å². The largest absolute Gasteiger partial charge is 0.480 e. The Balaban J connectivity index is 2.69. The second-order valence-corrected chi connectivity index (χ2v) is 7.92. The van der Waals surface area contributed by atoms with Crippen molar-refractivity contribution in [2.45, 2.75) is 58.2 Å². The van der Waals surface area contributed by atoms with Gasteiger partial charge < -0.3 is 26.8 Å². The molecule has 0 bridgehead atoms. The number of nitrogens with one attached hydrogen (secondary N) is 3. The van der Waals surface area contributed by atoms with Gasteiger partial charge in [-0.1, -0.05) is 50.6 Å². The summed E-state index contributed by atoms with van der Waals surface area (Å²) >= 11 is 0. The zero-order valence-electron chi connectivity index (χ0n) is 17.9. The van der Waals surface area contributed by atoms with Crippen molar-refractivity contribution in [2.75, 3.05) is 6.54 Å². The summed E-state index contributed by atoms with van der Waals surface area (Å²) in [5.41, 5.74) is 5.38. The first-order valence-corrected chi connectivity index (χ1v) is 9.89. The highest BCUT2D eigenvalue weighted by molar-refractivity contribution is 5.93. The van der Waals surface area contributed by atoms with Gasteiger partial charge in [-0.15, -0.1) is 0 Å². The van der Waals surface area contributed by atoms with Crippen LogP contribution in [0.4, 0.5) is 0 Å². The summed E-state index contributed by atoms with van der Waals surface area (Å²) in [4.78, 5) is 48.4. The molecule has 0 saturated carbocycles. The van der Waals surface area contributed by atoms with Crippen LogP contribution in [0, 0.1) is 5.92 Å². The molecule has 0 fully saturated rings. The molecular formula is C21H32N4O5. The van der Waals surface area contributed by atoms with Gasteiger partial charge in [-0.05, 0) is 25.3 Å². The topological polar surface area (TPSA) is 151 Å². The number of carbonyl (C=O) groups is 4. The predicted octanol–water partition coefficient (Wildman–Crippen LogP) is 0.183. The van der Waals surface area contributed by atoms with E-state index in [2.05, 4.69) is 16.0 Å². The lowest BCUT2D eigenvalue weighted by atomic mass is 9.96. The van der Waals surface area contributed by atoms with Gasteiger partial charge in [0.15, 0.2) is 0 Å². The Labute approximate surface area is 176 Å². The molecule has 0 unspecified atom stereocenters. The van der Waals surface area contributed by atoms with Gasteiger partial charge in [0.1, 0.15) is 12.1 Å². The Morgan fingerprint density at radius 3 is 2.20 bits per heavy atom. The lowest BCUT2D eigenvalue weighted by Crippen LogP contribution is -2.58. The highest BCUT2D eigenvalue weighted by atomic mass is 16.4. The van der Waals surface area contributed by atoms with Gasteiger partial charge in [0.05, 0.1) is 12.1 Å². The van der Waals surface area contributed by atoms with E-state index in [1.165, 1.54) is 13.8 Å². The van der Waals surface area contributed by atoms with E-state index < -0.39 is 47.9 Å². The minimum Gasteiger partial charge on any atom is -0.480 e. The molecule has 1 aromatic carbocycles. The molecule has 166 valence electrons. The van der Waals surface area contributed by atoms with E-state index in [9.17, 15) is 24.3 Å². The van der Waals surface area contributed by atoms with Crippen LogP contribution < -0.4 is 21.7 Å². The molecule has 3 atom stereocenters. The van der Waals surface area contributed by atoms with Crippen molar-refractivity contribution >= 4 is 23.7 Å². The fraction of sp³-hybridized carbons (Fsp3) is 0.524. The average molecular weight is 421 g/mol. The molecule has 0 spiro atoms. The number of rotatable bonds is 11. The maximum atomic E-state index is 12.6. The molecule has 0 heterocycles. The Hall–Kier alpha value is -2.94. The van der Waals surface area contributed by atoms with E-state index in [0.29, 0.717) is 6.42 Å². The average Bonchev–Trinajstić information content (AvgIpc) is 2.68. The van der Waals surface area contributed by atoms with Crippen LogP contribution in [0.15, 0.2) is 30.3 Å². The number of hydrogen-bond donors (Lipinski definition) is 5. The van der Waals surface area contributed by atoms with Gasteiger partial charge in [-0.2, -0.15) is 0 Å². The second-order valence-electron chi connectivity index (χ2n) is 7.92. The molecular weight excluding hydrogens is 388 g/mol. The highest BCUT2D eigenvalue weighted by Gasteiger charge is 2.31. The van der Waals surface area contributed by atoms with Gasteiger partial charge in [-0.25, -0.2) is 4.79 Å². The minimum atomic E-state index is -1.17. The first kappa shape index (κ1) is 25.1. The standard InChI is InChI=1S/C21H32N4O5/c1-5-13(2)17(25-20(30)21(3,4)22)18(27)23-12-16(26)24-15(19(28)29)11-14-9-7-6-8-10-14/h6-10,13,15,17H,5,11-12,22H2,1-4H3,(H,23,27)(H,24,26)(H,25,30)(H,28,29)/t13-,15-,17-/m0/s1. The molecule has 6 N–H and O–H groups in total. The van der Waals surface area contributed by atoms with E-state index in [0.717, 1.165) is 5.56 Å². The van der Waals surface area contributed by atoms with Crippen LogP contribution in [0.2, 0.25) is 0 Å². The molecule has 0 aliphatic carbocycles. The summed E-state index contributed by atoms with van der Waals surface area (Å²) in [6, 6.07) is 6.92. The molecule has 0 aliphatic rings. The van der Waals surface area contributed by atoms with Crippen LogP contribution in [0.1, 0.15) is 39.7 Å². The van der Waals surface area contributed by atoms with E-state index in [4.69, 9.17) is 5.73 Å². The van der Waals surface area contributed by atoms with Crippen molar-refractivity contribution < 1.29 is 24.3 Å². The summed E-state index contributed by atoms with van der Waals surface area (Å²) in [7, 11) is 0. The molecule has 1 rings (SSSR count). The quantitative estimate of drug-likeness (QED) is 0.345. The van der Waals surface area contributed by atoms with Crippen molar-refractivity contribution in [1.29, 1.82) is 0 Å². The SMILES string of the molecule is CC[C@H](C)[C@H](NC(=O)C(C)(C)N)C(=O)NCC(=O)N[C@@H](Cc1ccccc1)C(=O)O. The van der Waals surface area contributed by atoms with Crippen molar-refractivity contribution in [3.05, 3.63) is 35.9 Å². The summed E-state index contributed by atoms with van der Waals surface area (Å²) in [5.74, 6) is -3.02.